The highest BCUT2D eigenvalue weighted by atomic mass is 16.5. The summed E-state index contributed by atoms with van der Waals surface area (Å²) >= 11 is 0. The van der Waals surface area contributed by atoms with Gasteiger partial charge in [0.1, 0.15) is 12.4 Å². The lowest BCUT2D eigenvalue weighted by molar-refractivity contribution is 0.0954. The topological polar surface area (TPSA) is 68.2 Å². The van der Waals surface area contributed by atoms with Crippen molar-refractivity contribution in [3.8, 4) is 5.75 Å². The number of hydrogen-bond acceptors (Lipinski definition) is 4. The number of aryl methyl sites for hydroxylation is 1. The number of hydrogen-bond donors (Lipinski definition) is 2. The Morgan fingerprint density at radius 2 is 1.74 bits per heavy atom. The lowest BCUT2D eigenvalue weighted by atomic mass is 10.1. The molecule has 1 heterocycles. The van der Waals surface area contributed by atoms with E-state index in [0.29, 0.717) is 25.1 Å². The van der Waals surface area contributed by atoms with Crippen LogP contribution in [-0.2, 0) is 13.0 Å². The fourth-order valence-electron chi connectivity index (χ4n) is 3.17. The minimum atomic E-state index is -0.104. The second-order valence-corrected chi connectivity index (χ2v) is 8.24. The van der Waals surface area contributed by atoms with Gasteiger partial charge in [-0.1, -0.05) is 36.4 Å². The number of rotatable bonds is 12. The van der Waals surface area contributed by atoms with E-state index in [2.05, 4.69) is 40.2 Å². The summed E-state index contributed by atoms with van der Waals surface area (Å²) in [4.78, 5) is 16.5. The Hall–Kier alpha value is -3.12. The number of benzene rings is 2. The molecule has 0 aliphatic heterocycles. The first-order valence-corrected chi connectivity index (χ1v) is 10.8. The third-order valence-electron chi connectivity index (χ3n) is 4.93. The highest BCUT2D eigenvalue weighted by Crippen LogP contribution is 2.12. The molecule has 0 radical (unpaired) electrons. The Balaban J connectivity index is 1.31. The van der Waals surface area contributed by atoms with Crippen LogP contribution in [0.3, 0.4) is 0 Å². The third-order valence-corrected chi connectivity index (χ3v) is 4.93. The summed E-state index contributed by atoms with van der Waals surface area (Å²) in [7, 11) is 0. The number of ether oxygens (including phenoxy) is 1. The normalized spacial score (nSPS) is 11.3. The van der Waals surface area contributed by atoms with Gasteiger partial charge in [0.2, 0.25) is 0 Å². The molecular formula is C25H32N4O2. The second-order valence-electron chi connectivity index (χ2n) is 8.24. The van der Waals surface area contributed by atoms with E-state index in [0.717, 1.165) is 31.0 Å². The molecule has 6 nitrogen and oxygen atoms in total. The van der Waals surface area contributed by atoms with Gasteiger partial charge in [-0.2, -0.15) is 0 Å². The molecule has 2 N–H and O–H groups in total. The van der Waals surface area contributed by atoms with Crippen LogP contribution in [0.15, 0.2) is 73.2 Å². The average molecular weight is 421 g/mol. The van der Waals surface area contributed by atoms with Crippen LogP contribution in [0, 0.1) is 0 Å². The van der Waals surface area contributed by atoms with Crippen LogP contribution in [0.1, 0.15) is 36.3 Å². The number of imidazole rings is 1. The van der Waals surface area contributed by atoms with Gasteiger partial charge in [-0.25, -0.2) is 4.98 Å². The molecule has 0 atom stereocenters. The van der Waals surface area contributed by atoms with Crippen LogP contribution in [0.25, 0.3) is 0 Å². The molecule has 2 aromatic carbocycles. The molecule has 0 spiro atoms. The molecule has 6 heteroatoms. The average Bonchev–Trinajstić information content (AvgIpc) is 3.24. The van der Waals surface area contributed by atoms with Crippen molar-refractivity contribution < 1.29 is 9.53 Å². The highest BCUT2D eigenvalue weighted by molar-refractivity contribution is 5.94. The lowest BCUT2D eigenvalue weighted by Gasteiger charge is -2.26. The zero-order chi connectivity index (χ0) is 21.9. The van der Waals surface area contributed by atoms with Gasteiger partial charge >= 0.3 is 0 Å². The van der Waals surface area contributed by atoms with E-state index in [1.54, 1.807) is 0 Å². The maximum atomic E-state index is 12.1. The van der Waals surface area contributed by atoms with E-state index in [-0.39, 0.29) is 11.4 Å². The van der Waals surface area contributed by atoms with Crippen LogP contribution >= 0.6 is 0 Å². The van der Waals surface area contributed by atoms with Crippen molar-refractivity contribution in [1.29, 1.82) is 0 Å². The van der Waals surface area contributed by atoms with Crippen molar-refractivity contribution in [2.24, 2.45) is 0 Å². The molecule has 0 aliphatic rings. The summed E-state index contributed by atoms with van der Waals surface area (Å²) in [6, 6.07) is 19.1. The number of nitrogens with zero attached hydrogens (tertiary/aromatic N) is 2. The number of amides is 1. The Bertz CT molecular complexity index is 923. The van der Waals surface area contributed by atoms with E-state index < -0.39 is 0 Å². The van der Waals surface area contributed by atoms with Gasteiger partial charge in [0.25, 0.3) is 5.91 Å². The molecule has 0 unspecified atom stereocenters. The molecule has 0 aliphatic carbocycles. The van der Waals surface area contributed by atoms with Crippen molar-refractivity contribution in [3.05, 3.63) is 84.4 Å². The number of nitrogens with one attached hydrogen (secondary N) is 2. The van der Waals surface area contributed by atoms with Crippen molar-refractivity contribution in [2.45, 2.75) is 38.8 Å². The summed E-state index contributed by atoms with van der Waals surface area (Å²) in [5, 5.41) is 6.50. The first kappa shape index (κ1) is 22.6. The SMILES string of the molecule is CC(C)(COc1ccccc1)NCCCn1cnc(CCNC(=O)c2ccccc2)c1. The molecule has 0 saturated carbocycles. The Morgan fingerprint density at radius 3 is 2.48 bits per heavy atom. The fourth-order valence-corrected chi connectivity index (χ4v) is 3.17. The van der Waals surface area contributed by atoms with E-state index in [1.807, 2.05) is 67.0 Å². The molecule has 0 fully saturated rings. The van der Waals surface area contributed by atoms with Gasteiger partial charge in [-0.15, -0.1) is 0 Å². The van der Waals surface area contributed by atoms with Gasteiger partial charge in [-0.3, -0.25) is 4.79 Å². The van der Waals surface area contributed by atoms with Crippen molar-refractivity contribution in [1.82, 2.24) is 20.2 Å². The first-order chi connectivity index (χ1) is 15.0. The number of para-hydroxylation sites is 1. The summed E-state index contributed by atoms with van der Waals surface area (Å²) < 4.78 is 7.97. The quantitative estimate of drug-likeness (QED) is 0.439. The smallest absolute Gasteiger partial charge is 0.251 e. The van der Waals surface area contributed by atoms with Crippen LogP contribution in [0.2, 0.25) is 0 Å². The standard InChI is InChI=1S/C25H32N4O2/c1-25(2,19-31-23-12-7-4-8-13-23)28-15-9-17-29-18-22(27-20-29)14-16-26-24(30)21-10-5-3-6-11-21/h3-8,10-13,18,20,28H,9,14-17,19H2,1-2H3,(H,26,30). The first-order valence-electron chi connectivity index (χ1n) is 10.8. The molecule has 31 heavy (non-hydrogen) atoms. The van der Waals surface area contributed by atoms with Crippen molar-refractivity contribution in [2.75, 3.05) is 19.7 Å². The van der Waals surface area contributed by atoms with Crippen molar-refractivity contribution >= 4 is 5.91 Å². The molecule has 164 valence electrons. The Labute approximate surface area is 184 Å². The van der Waals surface area contributed by atoms with E-state index in [1.165, 1.54) is 0 Å². The molecule has 1 amide bonds. The van der Waals surface area contributed by atoms with Crippen LogP contribution in [0.4, 0.5) is 0 Å². The van der Waals surface area contributed by atoms with Gasteiger partial charge < -0.3 is 19.9 Å². The minimum absolute atomic E-state index is 0.0510. The summed E-state index contributed by atoms with van der Waals surface area (Å²) in [5.74, 6) is 0.841. The maximum absolute atomic E-state index is 12.1. The van der Waals surface area contributed by atoms with Crippen LogP contribution in [0.5, 0.6) is 5.75 Å². The summed E-state index contributed by atoms with van der Waals surface area (Å²) in [6.07, 6.45) is 5.62. The lowest BCUT2D eigenvalue weighted by Crippen LogP contribution is -2.45. The third kappa shape index (κ3) is 7.90. The number of carbonyl (C=O) groups excluding carboxylic acids is 1. The zero-order valence-corrected chi connectivity index (χ0v) is 18.4. The zero-order valence-electron chi connectivity index (χ0n) is 18.4. The summed E-state index contributed by atoms with van der Waals surface area (Å²) in [5.41, 5.74) is 1.56. The molecule has 0 saturated heterocycles. The van der Waals surface area contributed by atoms with Crippen LogP contribution < -0.4 is 15.4 Å². The minimum Gasteiger partial charge on any atom is -0.492 e. The molecule has 3 aromatic rings. The van der Waals surface area contributed by atoms with E-state index >= 15 is 0 Å². The van der Waals surface area contributed by atoms with Crippen LogP contribution in [-0.4, -0.2) is 40.7 Å². The predicted molar refractivity (Wildman–Crippen MR) is 123 cm³/mol. The van der Waals surface area contributed by atoms with Gasteiger partial charge in [-0.05, 0) is 51.1 Å². The predicted octanol–water partition coefficient (Wildman–Crippen LogP) is 3.69. The van der Waals surface area contributed by atoms with Gasteiger partial charge in [0.15, 0.2) is 0 Å². The molecule has 0 bridgehead atoms. The number of aromatic nitrogens is 2. The molecular weight excluding hydrogens is 388 g/mol. The fraction of sp³-hybridized carbons (Fsp3) is 0.360. The largest absolute Gasteiger partial charge is 0.492 e. The molecule has 3 rings (SSSR count). The Morgan fingerprint density at radius 1 is 1.03 bits per heavy atom. The monoisotopic (exact) mass is 420 g/mol. The highest BCUT2D eigenvalue weighted by Gasteiger charge is 2.17. The maximum Gasteiger partial charge on any atom is 0.251 e. The summed E-state index contributed by atoms with van der Waals surface area (Å²) in [6.45, 7) is 7.27. The Kier molecular flexibility index (Phi) is 8.24. The van der Waals surface area contributed by atoms with Gasteiger partial charge in [0, 0.05) is 36.8 Å². The number of carbonyl (C=O) groups is 1. The van der Waals surface area contributed by atoms with Gasteiger partial charge in [0.05, 0.1) is 12.0 Å². The van der Waals surface area contributed by atoms with E-state index in [9.17, 15) is 4.79 Å². The van der Waals surface area contributed by atoms with Crippen molar-refractivity contribution in [3.63, 3.8) is 0 Å². The second kappa shape index (κ2) is 11.3. The molecule has 1 aromatic heterocycles. The van der Waals surface area contributed by atoms with E-state index in [4.69, 9.17) is 4.74 Å².